The van der Waals surface area contributed by atoms with Crippen molar-refractivity contribution in [3.05, 3.63) is 62.0 Å². The number of halogens is 3. The first-order valence-electron chi connectivity index (χ1n) is 5.49. The maximum atomic E-state index is 10.5. The van der Waals surface area contributed by atoms with Gasteiger partial charge < -0.3 is 9.84 Å². The van der Waals surface area contributed by atoms with E-state index in [4.69, 9.17) is 27.9 Å². The van der Waals surface area contributed by atoms with E-state index in [9.17, 15) is 5.11 Å². The van der Waals surface area contributed by atoms with Crippen LogP contribution in [0.25, 0.3) is 0 Å². The van der Waals surface area contributed by atoms with Crippen molar-refractivity contribution in [1.29, 1.82) is 0 Å². The predicted octanol–water partition coefficient (Wildman–Crippen LogP) is 4.85. The molecule has 19 heavy (non-hydrogen) atoms. The lowest BCUT2D eigenvalue weighted by Crippen LogP contribution is -2.03. The van der Waals surface area contributed by atoms with Gasteiger partial charge in [-0.2, -0.15) is 0 Å². The van der Waals surface area contributed by atoms with Gasteiger partial charge in [-0.1, -0.05) is 45.2 Å². The van der Waals surface area contributed by atoms with Crippen LogP contribution in [0, 0.1) is 0 Å². The monoisotopic (exact) mass is 360 g/mol. The first-order valence-corrected chi connectivity index (χ1v) is 7.04. The molecule has 0 aromatic heterocycles. The Kier molecular flexibility index (Phi) is 4.74. The highest BCUT2D eigenvalue weighted by Gasteiger charge is 2.18. The molecule has 0 fully saturated rings. The van der Waals surface area contributed by atoms with Crippen molar-refractivity contribution in [2.45, 2.75) is 6.10 Å². The average Bonchev–Trinajstić information content (AvgIpc) is 2.38. The summed E-state index contributed by atoms with van der Waals surface area (Å²) in [5.74, 6) is 0.582. The van der Waals surface area contributed by atoms with E-state index in [0.717, 1.165) is 4.47 Å². The Morgan fingerprint density at radius 2 is 1.68 bits per heavy atom. The van der Waals surface area contributed by atoms with Crippen molar-refractivity contribution >= 4 is 39.1 Å². The smallest absolute Gasteiger partial charge is 0.125 e. The molecule has 5 heteroatoms. The van der Waals surface area contributed by atoms with Crippen molar-refractivity contribution in [1.82, 2.24) is 0 Å². The molecule has 0 aliphatic carbocycles. The number of methoxy groups -OCH3 is 1. The van der Waals surface area contributed by atoms with Crippen LogP contribution in [0.4, 0.5) is 0 Å². The Morgan fingerprint density at radius 1 is 1.05 bits per heavy atom. The Labute approximate surface area is 130 Å². The highest BCUT2D eigenvalue weighted by molar-refractivity contribution is 9.10. The molecule has 2 rings (SSSR count). The summed E-state index contributed by atoms with van der Waals surface area (Å²) in [7, 11) is 1.55. The highest BCUT2D eigenvalue weighted by atomic mass is 79.9. The van der Waals surface area contributed by atoms with E-state index in [-0.39, 0.29) is 0 Å². The number of rotatable bonds is 3. The third kappa shape index (κ3) is 3.23. The molecular formula is C14H11BrCl2O2. The van der Waals surface area contributed by atoms with Gasteiger partial charge in [0.1, 0.15) is 11.9 Å². The van der Waals surface area contributed by atoms with Gasteiger partial charge in [0.15, 0.2) is 0 Å². The fourth-order valence-corrected chi connectivity index (χ4v) is 2.89. The van der Waals surface area contributed by atoms with Gasteiger partial charge in [-0.25, -0.2) is 0 Å². The van der Waals surface area contributed by atoms with Crippen molar-refractivity contribution < 1.29 is 9.84 Å². The second-order valence-electron chi connectivity index (χ2n) is 3.95. The van der Waals surface area contributed by atoms with Crippen LogP contribution in [0.2, 0.25) is 10.0 Å². The van der Waals surface area contributed by atoms with Crippen molar-refractivity contribution in [3.63, 3.8) is 0 Å². The molecular weight excluding hydrogens is 351 g/mol. The molecule has 2 nitrogen and oxygen atoms in total. The van der Waals surface area contributed by atoms with Crippen LogP contribution in [0.1, 0.15) is 17.2 Å². The fraction of sp³-hybridized carbons (Fsp3) is 0.143. The Hall–Kier alpha value is -0.740. The van der Waals surface area contributed by atoms with Gasteiger partial charge in [0.2, 0.25) is 0 Å². The standard InChI is InChI=1S/C14H11BrCl2O2/c1-19-13-5-3-8(16)6-11(13)14(18)10-4-2-9(17)7-12(10)15/h2-7,14,18H,1H3. The molecule has 100 valence electrons. The molecule has 0 radical (unpaired) electrons. The van der Waals surface area contributed by atoms with Crippen LogP contribution in [-0.2, 0) is 0 Å². The summed E-state index contributed by atoms with van der Waals surface area (Å²) in [6.07, 6.45) is -0.847. The zero-order chi connectivity index (χ0) is 14.0. The molecule has 2 aromatic rings. The van der Waals surface area contributed by atoms with Crippen LogP contribution in [0.5, 0.6) is 5.75 Å². The maximum absolute atomic E-state index is 10.5. The summed E-state index contributed by atoms with van der Waals surface area (Å²) in [6, 6.07) is 10.3. The van der Waals surface area contributed by atoms with Crippen LogP contribution >= 0.6 is 39.1 Å². The van der Waals surface area contributed by atoms with Crippen LogP contribution in [0.3, 0.4) is 0 Å². The van der Waals surface area contributed by atoms with Gasteiger partial charge in [0.05, 0.1) is 7.11 Å². The third-order valence-corrected chi connectivity index (χ3v) is 3.90. The van der Waals surface area contributed by atoms with E-state index in [1.165, 1.54) is 0 Å². The Balaban J connectivity index is 2.49. The molecule has 1 unspecified atom stereocenters. The third-order valence-electron chi connectivity index (χ3n) is 2.74. The molecule has 0 bridgehead atoms. The lowest BCUT2D eigenvalue weighted by atomic mass is 10.0. The lowest BCUT2D eigenvalue weighted by molar-refractivity contribution is 0.214. The normalized spacial score (nSPS) is 12.3. The fourth-order valence-electron chi connectivity index (χ4n) is 1.81. The summed E-state index contributed by atoms with van der Waals surface area (Å²) in [6.45, 7) is 0. The summed E-state index contributed by atoms with van der Waals surface area (Å²) < 4.78 is 5.98. The van der Waals surface area contributed by atoms with Gasteiger partial charge >= 0.3 is 0 Å². The molecule has 0 heterocycles. The van der Waals surface area contributed by atoms with E-state index in [2.05, 4.69) is 15.9 Å². The average molecular weight is 362 g/mol. The molecule has 0 aliphatic heterocycles. The summed E-state index contributed by atoms with van der Waals surface area (Å²) >= 11 is 15.3. The van der Waals surface area contributed by atoms with E-state index in [1.807, 2.05) is 0 Å². The number of ether oxygens (including phenoxy) is 1. The number of hydrogen-bond donors (Lipinski definition) is 1. The Bertz CT molecular complexity index is 602. The number of aliphatic hydroxyl groups is 1. The zero-order valence-electron chi connectivity index (χ0n) is 10.0. The maximum Gasteiger partial charge on any atom is 0.125 e. The number of aliphatic hydroxyl groups excluding tert-OH is 1. The largest absolute Gasteiger partial charge is 0.496 e. The second-order valence-corrected chi connectivity index (χ2v) is 5.68. The Morgan fingerprint density at radius 3 is 2.32 bits per heavy atom. The van der Waals surface area contributed by atoms with E-state index in [1.54, 1.807) is 43.5 Å². The molecule has 0 aliphatic rings. The molecule has 1 atom stereocenters. The molecule has 0 saturated carbocycles. The minimum Gasteiger partial charge on any atom is -0.496 e. The van der Waals surface area contributed by atoms with Gasteiger partial charge in [-0.15, -0.1) is 0 Å². The van der Waals surface area contributed by atoms with Gasteiger partial charge in [-0.3, -0.25) is 0 Å². The summed E-state index contributed by atoms with van der Waals surface area (Å²) in [5.41, 5.74) is 1.31. The summed E-state index contributed by atoms with van der Waals surface area (Å²) in [4.78, 5) is 0. The molecule has 0 spiro atoms. The minimum absolute atomic E-state index is 0.542. The first kappa shape index (κ1) is 14.7. The lowest BCUT2D eigenvalue weighted by Gasteiger charge is -2.17. The number of hydrogen-bond acceptors (Lipinski definition) is 2. The van der Waals surface area contributed by atoms with Crippen LogP contribution in [0.15, 0.2) is 40.9 Å². The second kappa shape index (κ2) is 6.14. The molecule has 0 amide bonds. The highest BCUT2D eigenvalue weighted by Crippen LogP contribution is 2.36. The first-order chi connectivity index (χ1) is 9.02. The van der Waals surface area contributed by atoms with Crippen molar-refractivity contribution in [2.24, 2.45) is 0 Å². The number of benzene rings is 2. The molecule has 0 saturated heterocycles. The zero-order valence-corrected chi connectivity index (χ0v) is 13.1. The van der Waals surface area contributed by atoms with Gasteiger partial charge in [-0.05, 0) is 35.9 Å². The van der Waals surface area contributed by atoms with E-state index >= 15 is 0 Å². The van der Waals surface area contributed by atoms with Crippen LogP contribution in [-0.4, -0.2) is 12.2 Å². The predicted molar refractivity (Wildman–Crippen MR) is 81.2 cm³/mol. The molecule has 1 N–H and O–H groups in total. The quantitative estimate of drug-likeness (QED) is 0.846. The molecule has 2 aromatic carbocycles. The van der Waals surface area contributed by atoms with Crippen LogP contribution < -0.4 is 4.74 Å². The van der Waals surface area contributed by atoms with Crippen molar-refractivity contribution in [3.8, 4) is 5.75 Å². The van der Waals surface area contributed by atoms with Gasteiger partial charge in [0, 0.05) is 20.1 Å². The summed E-state index contributed by atoms with van der Waals surface area (Å²) in [5, 5.41) is 11.6. The van der Waals surface area contributed by atoms with Crippen molar-refractivity contribution in [2.75, 3.05) is 7.11 Å². The SMILES string of the molecule is COc1ccc(Cl)cc1C(O)c1ccc(Cl)cc1Br. The van der Waals surface area contributed by atoms with Gasteiger partial charge in [0.25, 0.3) is 0 Å². The van der Waals surface area contributed by atoms with E-state index in [0.29, 0.717) is 26.9 Å². The van der Waals surface area contributed by atoms with E-state index < -0.39 is 6.10 Å². The topological polar surface area (TPSA) is 29.5 Å². The minimum atomic E-state index is -0.847.